The second-order valence-electron chi connectivity index (χ2n) is 8.12. The Morgan fingerprint density at radius 2 is 1.55 bits per heavy atom. The van der Waals surface area contributed by atoms with Crippen molar-refractivity contribution in [3.8, 4) is 22.6 Å². The van der Waals surface area contributed by atoms with Gasteiger partial charge in [-0.3, -0.25) is 4.79 Å². The molecule has 0 atom stereocenters. The second-order valence-corrected chi connectivity index (χ2v) is 9.37. The first-order valence-electron chi connectivity index (χ1n) is 9.41. The molecule has 0 fully saturated rings. The van der Waals surface area contributed by atoms with Crippen LogP contribution in [0.5, 0.6) is 11.5 Å². The van der Waals surface area contributed by atoms with E-state index in [0.29, 0.717) is 11.3 Å². The van der Waals surface area contributed by atoms with E-state index in [4.69, 9.17) is 4.74 Å². The largest absolute Gasteiger partial charge is 0.507 e. The summed E-state index contributed by atoms with van der Waals surface area (Å²) in [7, 11) is 0. The molecular formula is C25H21IO3. The highest BCUT2D eigenvalue weighted by atomic mass is 127. The van der Waals surface area contributed by atoms with Gasteiger partial charge in [-0.25, -0.2) is 0 Å². The molecule has 146 valence electrons. The van der Waals surface area contributed by atoms with Gasteiger partial charge in [-0.05, 0) is 89.2 Å². The summed E-state index contributed by atoms with van der Waals surface area (Å²) in [6, 6.07) is 21.4. The number of benzene rings is 4. The first kappa shape index (κ1) is 19.7. The average Bonchev–Trinajstić information content (AvgIpc) is 2.68. The van der Waals surface area contributed by atoms with E-state index in [1.807, 2.05) is 75.4 Å². The number of esters is 1. The van der Waals surface area contributed by atoms with E-state index in [-0.39, 0.29) is 11.7 Å². The molecule has 0 bridgehead atoms. The molecule has 0 amide bonds. The normalized spacial score (nSPS) is 11.7. The molecule has 3 nitrogen and oxygen atoms in total. The Bertz CT molecular complexity index is 1250. The summed E-state index contributed by atoms with van der Waals surface area (Å²) in [5.74, 6) is 0.288. The molecule has 29 heavy (non-hydrogen) atoms. The van der Waals surface area contributed by atoms with Crippen molar-refractivity contribution in [2.45, 2.75) is 20.8 Å². The van der Waals surface area contributed by atoms with Crippen molar-refractivity contribution < 1.29 is 14.6 Å². The van der Waals surface area contributed by atoms with Crippen LogP contribution < -0.4 is 4.74 Å². The van der Waals surface area contributed by atoms with E-state index in [1.54, 1.807) is 6.07 Å². The highest BCUT2D eigenvalue weighted by Gasteiger charge is 2.26. The number of phenolic OH excluding ortho intramolecular Hbond substituents is 1. The van der Waals surface area contributed by atoms with Crippen LogP contribution in [-0.4, -0.2) is 11.1 Å². The number of carbonyl (C=O) groups is 1. The predicted octanol–water partition coefficient (Wildman–Crippen LogP) is 6.92. The molecule has 0 spiro atoms. The van der Waals surface area contributed by atoms with Crippen molar-refractivity contribution in [3.63, 3.8) is 0 Å². The minimum absolute atomic E-state index is 0.156. The lowest BCUT2D eigenvalue weighted by molar-refractivity contribution is -0.142. The smallest absolute Gasteiger partial charge is 0.316 e. The van der Waals surface area contributed by atoms with Gasteiger partial charge in [0, 0.05) is 14.7 Å². The lowest BCUT2D eigenvalue weighted by Gasteiger charge is -2.20. The fourth-order valence-corrected chi connectivity index (χ4v) is 3.91. The van der Waals surface area contributed by atoms with Gasteiger partial charge in [-0.2, -0.15) is 0 Å². The number of rotatable bonds is 2. The van der Waals surface area contributed by atoms with Crippen LogP contribution in [0.15, 0.2) is 66.7 Å². The Morgan fingerprint density at radius 1 is 0.862 bits per heavy atom. The van der Waals surface area contributed by atoms with E-state index < -0.39 is 5.41 Å². The molecule has 0 aromatic heterocycles. The van der Waals surface area contributed by atoms with Crippen LogP contribution in [0.1, 0.15) is 20.8 Å². The molecule has 0 aliphatic rings. The third-order valence-electron chi connectivity index (χ3n) is 4.92. The van der Waals surface area contributed by atoms with Gasteiger partial charge in [0.15, 0.2) is 0 Å². The molecule has 4 heteroatoms. The first-order chi connectivity index (χ1) is 13.8. The minimum Gasteiger partial charge on any atom is -0.507 e. The molecule has 4 aromatic rings. The summed E-state index contributed by atoms with van der Waals surface area (Å²) < 4.78 is 6.96. The summed E-state index contributed by atoms with van der Waals surface area (Å²) >= 11 is 2.28. The van der Waals surface area contributed by atoms with Crippen LogP contribution >= 0.6 is 22.6 Å². The van der Waals surface area contributed by atoms with Gasteiger partial charge in [0.1, 0.15) is 11.5 Å². The zero-order chi connectivity index (χ0) is 20.8. The third-order valence-corrected chi connectivity index (χ3v) is 5.59. The molecule has 4 aromatic carbocycles. The second kappa shape index (κ2) is 7.34. The molecule has 0 unspecified atom stereocenters. The fourth-order valence-electron chi connectivity index (χ4n) is 3.40. The highest BCUT2D eigenvalue weighted by molar-refractivity contribution is 14.1. The minimum atomic E-state index is -0.639. The van der Waals surface area contributed by atoms with Crippen LogP contribution in [0, 0.1) is 8.99 Å². The van der Waals surface area contributed by atoms with Gasteiger partial charge < -0.3 is 9.84 Å². The van der Waals surface area contributed by atoms with Crippen LogP contribution in [0.3, 0.4) is 0 Å². The molecule has 0 saturated carbocycles. The van der Waals surface area contributed by atoms with Crippen LogP contribution in [0.4, 0.5) is 0 Å². The molecule has 0 heterocycles. The van der Waals surface area contributed by atoms with Gasteiger partial charge in [-0.1, -0.05) is 42.5 Å². The van der Waals surface area contributed by atoms with Gasteiger partial charge >= 0.3 is 5.97 Å². The van der Waals surface area contributed by atoms with Crippen molar-refractivity contribution in [1.82, 2.24) is 0 Å². The Morgan fingerprint density at radius 3 is 2.31 bits per heavy atom. The number of ether oxygens (including phenoxy) is 1. The van der Waals surface area contributed by atoms with E-state index in [0.717, 1.165) is 30.7 Å². The first-order valence-corrected chi connectivity index (χ1v) is 10.5. The highest BCUT2D eigenvalue weighted by Crippen LogP contribution is 2.45. The van der Waals surface area contributed by atoms with Crippen molar-refractivity contribution in [1.29, 1.82) is 0 Å². The summed E-state index contributed by atoms with van der Waals surface area (Å²) in [5, 5.41) is 14.7. The average molecular weight is 496 g/mol. The standard InChI is InChI=1S/C25H21IO3/c1-25(2,3)24(28)29-21-13-9-15-6-4-5-7-18(15)23(21)22-19-11-10-17(26)14-16(19)8-12-20(22)27/h4-14,27H,1-3H3. The van der Waals surface area contributed by atoms with Crippen LogP contribution in [0.25, 0.3) is 32.7 Å². The topological polar surface area (TPSA) is 46.5 Å². The van der Waals surface area contributed by atoms with Gasteiger partial charge in [0.05, 0.1) is 5.41 Å². The third kappa shape index (κ3) is 3.69. The van der Waals surface area contributed by atoms with Crippen LogP contribution in [0.2, 0.25) is 0 Å². The zero-order valence-corrected chi connectivity index (χ0v) is 18.7. The summed E-state index contributed by atoms with van der Waals surface area (Å²) in [6.07, 6.45) is 0. The SMILES string of the molecule is CC(C)(C)C(=O)Oc1ccc2ccccc2c1-c1c(O)ccc2cc(I)ccc12. The van der Waals surface area contributed by atoms with Crippen LogP contribution in [-0.2, 0) is 4.79 Å². The van der Waals surface area contributed by atoms with Gasteiger partial charge in [-0.15, -0.1) is 0 Å². The van der Waals surface area contributed by atoms with Gasteiger partial charge in [0.25, 0.3) is 0 Å². The van der Waals surface area contributed by atoms with Crippen molar-refractivity contribution in [3.05, 3.63) is 70.3 Å². The maximum atomic E-state index is 12.7. The number of phenols is 1. The lowest BCUT2D eigenvalue weighted by atomic mass is 9.92. The fraction of sp³-hybridized carbons (Fsp3) is 0.160. The molecule has 4 rings (SSSR count). The van der Waals surface area contributed by atoms with E-state index in [9.17, 15) is 9.90 Å². The summed E-state index contributed by atoms with van der Waals surface area (Å²) in [5.41, 5.74) is 0.761. The number of hydrogen-bond donors (Lipinski definition) is 1. The number of halogens is 1. The van der Waals surface area contributed by atoms with E-state index in [2.05, 4.69) is 28.7 Å². The zero-order valence-electron chi connectivity index (χ0n) is 16.5. The lowest BCUT2D eigenvalue weighted by Crippen LogP contribution is -2.25. The van der Waals surface area contributed by atoms with Gasteiger partial charge in [0.2, 0.25) is 0 Å². The number of aromatic hydroxyl groups is 1. The van der Waals surface area contributed by atoms with Crippen molar-refractivity contribution in [2.24, 2.45) is 5.41 Å². The summed E-state index contributed by atoms with van der Waals surface area (Å²) in [4.78, 5) is 12.7. The molecule has 1 N–H and O–H groups in total. The Labute approximate surface area is 183 Å². The molecule has 0 aliphatic heterocycles. The molecule has 0 saturated heterocycles. The van der Waals surface area contributed by atoms with Crippen molar-refractivity contribution in [2.75, 3.05) is 0 Å². The Kier molecular flexibility index (Phi) is 4.99. The number of hydrogen-bond acceptors (Lipinski definition) is 3. The summed E-state index contributed by atoms with van der Waals surface area (Å²) in [6.45, 7) is 5.48. The Balaban J connectivity index is 2.07. The molecule has 0 radical (unpaired) electrons. The van der Waals surface area contributed by atoms with Crippen molar-refractivity contribution >= 4 is 50.1 Å². The quantitative estimate of drug-likeness (QED) is 0.186. The maximum Gasteiger partial charge on any atom is 0.316 e. The van der Waals surface area contributed by atoms with E-state index >= 15 is 0 Å². The number of carbonyl (C=O) groups excluding carboxylic acids is 1. The maximum absolute atomic E-state index is 12.7. The van der Waals surface area contributed by atoms with E-state index in [1.165, 1.54) is 0 Å². The Hall–Kier alpha value is -2.60. The molecule has 0 aliphatic carbocycles. The molecular weight excluding hydrogens is 475 g/mol. The number of fused-ring (bicyclic) bond motifs is 2. The predicted molar refractivity (Wildman–Crippen MR) is 126 cm³/mol. The monoisotopic (exact) mass is 496 g/mol.